The highest BCUT2D eigenvalue weighted by molar-refractivity contribution is 5.54. The predicted octanol–water partition coefficient (Wildman–Crippen LogP) is 12.4. The number of rotatable bonds is 1. The Bertz CT molecular complexity index is 1180. The molecular weight excluding hydrogens is 480 g/mol. The van der Waals surface area contributed by atoms with Crippen LogP contribution in [-0.2, 0) is 0 Å². The van der Waals surface area contributed by atoms with E-state index in [4.69, 9.17) is 6.58 Å². The summed E-state index contributed by atoms with van der Waals surface area (Å²) in [5, 5.41) is 0. The zero-order valence-corrected chi connectivity index (χ0v) is 29.0. The van der Waals surface area contributed by atoms with E-state index in [-0.39, 0.29) is 37.9 Å². The summed E-state index contributed by atoms with van der Waals surface area (Å²) in [4.78, 5) is 0. The van der Waals surface area contributed by atoms with Crippen LogP contribution in [-0.4, -0.2) is 0 Å². The average molecular weight is 545 g/mol. The van der Waals surface area contributed by atoms with Crippen molar-refractivity contribution in [1.82, 2.24) is 0 Å². The van der Waals surface area contributed by atoms with E-state index in [0.717, 1.165) is 0 Å². The van der Waals surface area contributed by atoms with Crippen molar-refractivity contribution in [2.75, 3.05) is 0 Å². The van der Waals surface area contributed by atoms with Gasteiger partial charge in [-0.1, -0.05) is 131 Å². The molecule has 0 nitrogen and oxygen atoms in total. The molecule has 0 bridgehead atoms. The van der Waals surface area contributed by atoms with Gasteiger partial charge in [0.2, 0.25) is 0 Å². The molecule has 0 saturated heterocycles. The molecule has 0 aromatic rings. The number of allylic oxidation sites excluding steroid dienone is 7. The Morgan fingerprint density at radius 3 is 1.90 bits per heavy atom. The fraction of sp³-hybridized carbons (Fsp3) is 0.750. The zero-order valence-electron chi connectivity index (χ0n) is 29.0. The molecule has 0 heterocycles. The van der Waals surface area contributed by atoms with Crippen molar-refractivity contribution in [3.05, 3.63) is 59.8 Å². The van der Waals surface area contributed by atoms with E-state index in [1.807, 2.05) is 0 Å². The molecule has 7 atom stereocenters. The fourth-order valence-corrected chi connectivity index (χ4v) is 11.4. The summed E-state index contributed by atoms with van der Waals surface area (Å²) in [6.45, 7) is 46.2. The van der Waals surface area contributed by atoms with Crippen LogP contribution in [0.2, 0.25) is 0 Å². The van der Waals surface area contributed by atoms with Crippen LogP contribution < -0.4 is 0 Å². The number of hydrogen-bond acceptors (Lipinski definition) is 0. The van der Waals surface area contributed by atoms with Crippen LogP contribution in [0.5, 0.6) is 0 Å². The smallest absolute Gasteiger partial charge is 0.0139 e. The van der Waals surface area contributed by atoms with Crippen molar-refractivity contribution < 1.29 is 0 Å². The summed E-state index contributed by atoms with van der Waals surface area (Å²) in [5.41, 5.74) is 8.40. The minimum Gasteiger partial charge on any atom is -0.0996 e. The molecule has 0 spiro atoms. The van der Waals surface area contributed by atoms with Gasteiger partial charge in [0.15, 0.2) is 0 Å². The SMILES string of the molecule is C=C(C)C12CCC(C)(C)CC1C1(C)C(=C)C=C3C4(C)C=C(C)C(=C)C(C)(C)[C@]4(C)CCC3(C)[C@]1(C)CC2.CCC. The van der Waals surface area contributed by atoms with Gasteiger partial charge in [-0.3, -0.25) is 0 Å². The molecular formula is C40H64. The minimum absolute atomic E-state index is 0.00320. The molecule has 0 amide bonds. The van der Waals surface area contributed by atoms with Crippen LogP contribution in [0.3, 0.4) is 0 Å². The van der Waals surface area contributed by atoms with E-state index in [2.05, 4.69) is 115 Å². The van der Waals surface area contributed by atoms with Crippen molar-refractivity contribution in [2.24, 2.45) is 49.2 Å². The van der Waals surface area contributed by atoms with E-state index in [0.29, 0.717) is 11.3 Å². The van der Waals surface area contributed by atoms with Crippen LogP contribution in [0.1, 0.15) is 141 Å². The van der Waals surface area contributed by atoms with Crippen LogP contribution in [0.25, 0.3) is 0 Å². The molecule has 224 valence electrons. The van der Waals surface area contributed by atoms with Crippen LogP contribution >= 0.6 is 0 Å². The third-order valence-corrected chi connectivity index (χ3v) is 15.2. The van der Waals surface area contributed by atoms with Crippen molar-refractivity contribution in [1.29, 1.82) is 0 Å². The molecule has 5 aliphatic carbocycles. The minimum atomic E-state index is -0.00320. The summed E-state index contributed by atoms with van der Waals surface area (Å²) in [7, 11) is 0. The summed E-state index contributed by atoms with van der Waals surface area (Å²) in [6, 6.07) is 0. The highest BCUT2D eigenvalue weighted by atomic mass is 14.8. The molecule has 0 radical (unpaired) electrons. The molecule has 5 rings (SSSR count). The monoisotopic (exact) mass is 545 g/mol. The lowest BCUT2D eigenvalue weighted by Gasteiger charge is -2.76. The Balaban J connectivity index is 0.00000118. The molecule has 5 aliphatic rings. The van der Waals surface area contributed by atoms with Gasteiger partial charge in [0.05, 0.1) is 0 Å². The van der Waals surface area contributed by atoms with Crippen molar-refractivity contribution in [3.63, 3.8) is 0 Å². The first-order valence-corrected chi connectivity index (χ1v) is 16.6. The van der Waals surface area contributed by atoms with Gasteiger partial charge >= 0.3 is 0 Å². The first-order chi connectivity index (χ1) is 18.1. The molecule has 3 saturated carbocycles. The van der Waals surface area contributed by atoms with E-state index >= 15 is 0 Å². The van der Waals surface area contributed by atoms with E-state index in [1.165, 1.54) is 73.7 Å². The van der Waals surface area contributed by atoms with Gasteiger partial charge in [0.25, 0.3) is 0 Å². The summed E-state index contributed by atoms with van der Waals surface area (Å²) >= 11 is 0. The molecule has 5 unspecified atom stereocenters. The predicted molar refractivity (Wildman–Crippen MR) is 177 cm³/mol. The van der Waals surface area contributed by atoms with Crippen LogP contribution in [0.4, 0.5) is 0 Å². The zero-order chi connectivity index (χ0) is 30.5. The Kier molecular flexibility index (Phi) is 7.20. The Morgan fingerprint density at radius 1 is 0.825 bits per heavy atom. The average Bonchev–Trinajstić information content (AvgIpc) is 2.85. The molecule has 0 heteroatoms. The standard InChI is InChI=1S/C37H56.C3H8/c1-24(2)37-19-15-30(6,7)23-29(37)36(14)26(4)21-28-32(10,35(36,13)18-20-37)16-17-34(12)31(8,9)27(5)25(3)22-33(28,34)11;1-3-2/h21-22,29H,1,4-5,15-20,23H2,2-3,6-14H3;3H2,1-2H3/t29?,32?,33?,34-,35-,36?,37?;/m0./s1. The summed E-state index contributed by atoms with van der Waals surface area (Å²) < 4.78 is 0. The fourth-order valence-electron chi connectivity index (χ4n) is 11.4. The molecule has 0 aromatic heterocycles. The Labute approximate surface area is 250 Å². The second-order valence-corrected chi connectivity index (χ2v) is 17.5. The Morgan fingerprint density at radius 2 is 1.35 bits per heavy atom. The van der Waals surface area contributed by atoms with Gasteiger partial charge in [-0.15, -0.1) is 0 Å². The largest absolute Gasteiger partial charge is 0.0996 e. The first-order valence-electron chi connectivity index (χ1n) is 16.6. The second kappa shape index (κ2) is 9.10. The summed E-state index contributed by atoms with van der Waals surface area (Å²) in [6.07, 6.45) is 15.5. The summed E-state index contributed by atoms with van der Waals surface area (Å²) in [5.74, 6) is 0.600. The highest BCUT2D eigenvalue weighted by Gasteiger charge is 2.74. The van der Waals surface area contributed by atoms with Crippen molar-refractivity contribution in [2.45, 2.75) is 141 Å². The maximum absolute atomic E-state index is 4.98. The Hall–Kier alpha value is -1.30. The normalized spacial score (nSPS) is 46.8. The lowest BCUT2D eigenvalue weighted by molar-refractivity contribution is -0.187. The van der Waals surface area contributed by atoms with Gasteiger partial charge in [-0.2, -0.15) is 0 Å². The molecule has 3 fully saturated rings. The van der Waals surface area contributed by atoms with Gasteiger partial charge in [0.1, 0.15) is 0 Å². The van der Waals surface area contributed by atoms with Gasteiger partial charge in [-0.05, 0) is 108 Å². The maximum Gasteiger partial charge on any atom is 0.0139 e. The third-order valence-electron chi connectivity index (χ3n) is 15.2. The van der Waals surface area contributed by atoms with Crippen LogP contribution in [0, 0.1) is 49.2 Å². The number of hydrogen-bond donors (Lipinski definition) is 0. The van der Waals surface area contributed by atoms with E-state index in [1.54, 1.807) is 5.57 Å². The quantitative estimate of drug-likeness (QED) is 0.288. The van der Waals surface area contributed by atoms with E-state index < -0.39 is 0 Å². The topological polar surface area (TPSA) is 0 Å². The first kappa shape index (κ1) is 31.6. The second-order valence-electron chi connectivity index (χ2n) is 17.5. The molecule has 40 heavy (non-hydrogen) atoms. The molecule has 0 aliphatic heterocycles. The molecule has 0 aromatic carbocycles. The lowest BCUT2D eigenvalue weighted by atomic mass is 9.28. The third kappa shape index (κ3) is 3.49. The van der Waals surface area contributed by atoms with E-state index in [9.17, 15) is 0 Å². The maximum atomic E-state index is 4.98. The van der Waals surface area contributed by atoms with Gasteiger partial charge < -0.3 is 0 Å². The van der Waals surface area contributed by atoms with Gasteiger partial charge in [-0.25, -0.2) is 0 Å². The molecule has 0 N–H and O–H groups in total. The van der Waals surface area contributed by atoms with Gasteiger partial charge in [0, 0.05) is 10.8 Å². The van der Waals surface area contributed by atoms with Crippen LogP contribution in [0.15, 0.2) is 59.8 Å². The number of fused-ring (bicyclic) bond motifs is 7. The lowest BCUT2D eigenvalue weighted by Crippen LogP contribution is -2.68. The van der Waals surface area contributed by atoms with Crippen molar-refractivity contribution in [3.8, 4) is 0 Å². The van der Waals surface area contributed by atoms with Crippen molar-refractivity contribution >= 4 is 0 Å². The highest BCUT2D eigenvalue weighted by Crippen LogP contribution is 2.82.